The number of nitrogens with zero attached hydrogens (tertiary/aromatic N) is 1. The molecule has 0 bridgehead atoms. The van der Waals surface area contributed by atoms with Gasteiger partial charge in [0.2, 0.25) is 3.79 Å². The Balaban J connectivity index is 2.83. The van der Waals surface area contributed by atoms with Crippen molar-refractivity contribution in [1.82, 2.24) is 4.83 Å². The lowest BCUT2D eigenvalue weighted by atomic mass is 10.2. The Kier molecular flexibility index (Phi) is 4.66. The van der Waals surface area contributed by atoms with Crippen LogP contribution in [0.15, 0.2) is 34.3 Å². The lowest BCUT2D eigenvalue weighted by molar-refractivity contribution is 0.584. The largest absolute Gasteiger partial charge is 0.276 e. The van der Waals surface area contributed by atoms with Gasteiger partial charge in [-0.05, 0) is 19.1 Å². The Bertz CT molecular complexity index is 506. The molecule has 1 N–H and O–H groups in total. The Labute approximate surface area is 115 Å². The van der Waals surface area contributed by atoms with Crippen molar-refractivity contribution < 1.29 is 8.42 Å². The molecular weight excluding hydrogens is 307 g/mol. The fourth-order valence-electron chi connectivity index (χ4n) is 0.939. The summed E-state index contributed by atoms with van der Waals surface area (Å²) in [5, 5.41) is 3.35. The number of hydrazone groups is 1. The predicted octanol–water partition coefficient (Wildman–Crippen LogP) is 2.63. The summed E-state index contributed by atoms with van der Waals surface area (Å²) in [6.45, 7) is 1.85. The molecule has 1 aromatic carbocycles. The minimum absolute atomic E-state index is 0.0876. The minimum atomic E-state index is -3.72. The van der Waals surface area contributed by atoms with Crippen LogP contribution in [0.5, 0.6) is 0 Å². The molecule has 1 rings (SSSR count). The first-order valence-corrected chi connectivity index (χ1v) is 7.02. The molecule has 0 saturated heterocycles. The van der Waals surface area contributed by atoms with Crippen molar-refractivity contribution in [2.45, 2.75) is 15.6 Å². The van der Waals surface area contributed by atoms with E-state index in [1.54, 1.807) is 12.1 Å². The first-order chi connectivity index (χ1) is 7.71. The summed E-state index contributed by atoms with van der Waals surface area (Å²) in [5.41, 5.74) is 0.953. The highest BCUT2D eigenvalue weighted by atomic mass is 35.6. The van der Waals surface area contributed by atoms with E-state index in [0.717, 1.165) is 11.8 Å². The highest BCUT2D eigenvalue weighted by Gasteiger charge is 2.17. The van der Waals surface area contributed by atoms with E-state index >= 15 is 0 Å². The summed E-state index contributed by atoms with van der Waals surface area (Å²) >= 11 is 16.1. The lowest BCUT2D eigenvalue weighted by Gasteiger charge is -2.05. The first-order valence-electron chi connectivity index (χ1n) is 4.40. The van der Waals surface area contributed by atoms with Crippen LogP contribution in [0, 0.1) is 6.92 Å². The molecular formula is C9H9Cl3N2O2S. The second-order valence-electron chi connectivity index (χ2n) is 3.21. The summed E-state index contributed by atoms with van der Waals surface area (Å²) in [5.74, 6) is 0. The zero-order chi connectivity index (χ0) is 13.1. The van der Waals surface area contributed by atoms with Crippen LogP contribution in [-0.2, 0) is 10.0 Å². The molecule has 0 radical (unpaired) electrons. The first kappa shape index (κ1) is 14.6. The van der Waals surface area contributed by atoms with Crippen molar-refractivity contribution in [2.75, 3.05) is 0 Å². The van der Waals surface area contributed by atoms with Gasteiger partial charge < -0.3 is 0 Å². The molecule has 8 heteroatoms. The Morgan fingerprint density at radius 1 is 1.24 bits per heavy atom. The third-order valence-corrected chi connectivity index (χ3v) is 3.25. The van der Waals surface area contributed by atoms with E-state index in [1.807, 2.05) is 11.8 Å². The zero-order valence-corrected chi connectivity index (χ0v) is 11.8. The number of nitrogens with one attached hydrogen (secondary N) is 1. The molecule has 17 heavy (non-hydrogen) atoms. The highest BCUT2D eigenvalue weighted by Crippen LogP contribution is 2.22. The second kappa shape index (κ2) is 5.44. The molecule has 0 spiro atoms. The molecule has 1 aromatic rings. The molecule has 0 aliphatic heterocycles. The second-order valence-corrected chi connectivity index (χ2v) is 7.24. The van der Waals surface area contributed by atoms with Gasteiger partial charge >= 0.3 is 0 Å². The van der Waals surface area contributed by atoms with Crippen LogP contribution in [0.1, 0.15) is 5.56 Å². The van der Waals surface area contributed by atoms with E-state index < -0.39 is 13.8 Å². The van der Waals surface area contributed by atoms with Gasteiger partial charge in [-0.2, -0.15) is 13.5 Å². The van der Waals surface area contributed by atoms with Crippen LogP contribution >= 0.6 is 34.8 Å². The number of hydrogen-bond acceptors (Lipinski definition) is 3. The van der Waals surface area contributed by atoms with Gasteiger partial charge in [0.05, 0.1) is 11.1 Å². The number of sulfonamides is 1. The summed E-state index contributed by atoms with van der Waals surface area (Å²) in [6, 6.07) is 6.27. The van der Waals surface area contributed by atoms with Crippen molar-refractivity contribution in [3.8, 4) is 0 Å². The number of alkyl halides is 3. The van der Waals surface area contributed by atoms with E-state index in [2.05, 4.69) is 5.10 Å². The van der Waals surface area contributed by atoms with Crippen molar-refractivity contribution in [2.24, 2.45) is 5.10 Å². The molecule has 0 saturated carbocycles. The SMILES string of the molecule is Cc1ccc(S(=O)(=O)N/N=C/C(Cl)(Cl)Cl)cc1. The van der Waals surface area contributed by atoms with Crippen LogP contribution < -0.4 is 4.83 Å². The Hall–Kier alpha value is -0.490. The van der Waals surface area contributed by atoms with Crippen molar-refractivity contribution >= 4 is 51.0 Å². The Morgan fingerprint density at radius 2 is 1.76 bits per heavy atom. The molecule has 0 unspecified atom stereocenters. The molecule has 0 aromatic heterocycles. The van der Waals surface area contributed by atoms with E-state index in [1.165, 1.54) is 12.1 Å². The zero-order valence-electron chi connectivity index (χ0n) is 8.69. The third kappa shape index (κ3) is 5.12. The number of rotatable bonds is 3. The summed E-state index contributed by atoms with van der Waals surface area (Å²) < 4.78 is 21.6. The fraction of sp³-hybridized carbons (Fsp3) is 0.222. The number of benzene rings is 1. The molecule has 0 atom stereocenters. The molecule has 0 heterocycles. The van der Waals surface area contributed by atoms with Crippen molar-refractivity contribution in [1.29, 1.82) is 0 Å². The Morgan fingerprint density at radius 3 is 2.24 bits per heavy atom. The fourth-order valence-corrected chi connectivity index (χ4v) is 1.88. The van der Waals surface area contributed by atoms with Gasteiger partial charge in [-0.3, -0.25) is 0 Å². The maximum atomic E-state index is 11.7. The van der Waals surface area contributed by atoms with E-state index in [0.29, 0.717) is 0 Å². The van der Waals surface area contributed by atoms with Gasteiger partial charge in [0.1, 0.15) is 0 Å². The number of halogens is 3. The van der Waals surface area contributed by atoms with Gasteiger partial charge in [0.25, 0.3) is 10.0 Å². The van der Waals surface area contributed by atoms with Gasteiger partial charge in [-0.1, -0.05) is 52.5 Å². The highest BCUT2D eigenvalue weighted by molar-refractivity contribution is 7.89. The van der Waals surface area contributed by atoms with Crippen LogP contribution in [-0.4, -0.2) is 18.4 Å². The summed E-state index contributed by atoms with van der Waals surface area (Å²) in [4.78, 5) is 2.03. The average Bonchev–Trinajstić information content (AvgIpc) is 2.15. The topological polar surface area (TPSA) is 58.5 Å². The molecule has 94 valence electrons. The van der Waals surface area contributed by atoms with Crippen LogP contribution in [0.4, 0.5) is 0 Å². The van der Waals surface area contributed by atoms with Crippen LogP contribution in [0.3, 0.4) is 0 Å². The summed E-state index contributed by atoms with van der Waals surface area (Å²) in [7, 11) is -3.72. The maximum Gasteiger partial charge on any atom is 0.276 e. The molecule has 4 nitrogen and oxygen atoms in total. The lowest BCUT2D eigenvalue weighted by Crippen LogP contribution is -2.20. The van der Waals surface area contributed by atoms with Crippen molar-refractivity contribution in [3.05, 3.63) is 29.8 Å². The third-order valence-electron chi connectivity index (χ3n) is 1.72. The van der Waals surface area contributed by atoms with Gasteiger partial charge in [0, 0.05) is 0 Å². The number of hydrogen-bond donors (Lipinski definition) is 1. The van der Waals surface area contributed by atoms with Crippen LogP contribution in [0.2, 0.25) is 0 Å². The number of aryl methyl sites for hydroxylation is 1. The quantitative estimate of drug-likeness (QED) is 0.529. The standard InChI is InChI=1S/C9H9Cl3N2O2S/c1-7-2-4-8(5-3-7)17(15,16)14-13-6-9(10,11)12/h2-6,14H,1H3/b13-6+. The smallest absolute Gasteiger partial charge is 0.200 e. The monoisotopic (exact) mass is 314 g/mol. The van der Waals surface area contributed by atoms with Crippen molar-refractivity contribution in [3.63, 3.8) is 0 Å². The van der Waals surface area contributed by atoms with E-state index in [9.17, 15) is 8.42 Å². The molecule has 0 aliphatic carbocycles. The molecule has 0 amide bonds. The average molecular weight is 316 g/mol. The van der Waals surface area contributed by atoms with Gasteiger partial charge in [-0.15, -0.1) is 0 Å². The maximum absolute atomic E-state index is 11.7. The van der Waals surface area contributed by atoms with Gasteiger partial charge in [-0.25, -0.2) is 4.83 Å². The summed E-state index contributed by atoms with van der Waals surface area (Å²) in [6.07, 6.45) is 0.864. The minimum Gasteiger partial charge on any atom is -0.200 e. The normalized spacial score (nSPS) is 12.9. The van der Waals surface area contributed by atoms with E-state index in [4.69, 9.17) is 34.8 Å². The molecule has 0 fully saturated rings. The predicted molar refractivity (Wildman–Crippen MR) is 70.3 cm³/mol. The molecule has 0 aliphatic rings. The van der Waals surface area contributed by atoms with Gasteiger partial charge in [0.15, 0.2) is 0 Å². The van der Waals surface area contributed by atoms with E-state index in [-0.39, 0.29) is 4.90 Å². The van der Waals surface area contributed by atoms with Crippen LogP contribution in [0.25, 0.3) is 0 Å².